The molecule has 0 N–H and O–H groups in total. The van der Waals surface area contributed by atoms with Crippen molar-refractivity contribution < 1.29 is 23.5 Å². The molecule has 2 amide bonds. The quantitative estimate of drug-likeness (QED) is 0.695. The Labute approximate surface area is 176 Å². The maximum absolute atomic E-state index is 13.3. The molecule has 1 fully saturated rings. The molecule has 2 aromatic rings. The number of carbonyl (C=O) groups excluding carboxylic acids is 2. The van der Waals surface area contributed by atoms with Gasteiger partial charge in [0.2, 0.25) is 18.6 Å². The molecule has 1 aromatic carbocycles. The van der Waals surface area contributed by atoms with Crippen molar-refractivity contribution in [3.8, 4) is 11.5 Å². The van der Waals surface area contributed by atoms with Crippen LogP contribution in [0.2, 0.25) is 0 Å². The van der Waals surface area contributed by atoms with Gasteiger partial charge in [-0.3, -0.25) is 9.59 Å². The van der Waals surface area contributed by atoms with Gasteiger partial charge in [-0.1, -0.05) is 26.8 Å². The maximum Gasteiger partial charge on any atom is 0.242 e. The lowest BCUT2D eigenvalue weighted by Gasteiger charge is -2.31. The molecule has 4 rings (SSSR count). The summed E-state index contributed by atoms with van der Waals surface area (Å²) in [5.74, 6) is 2.00. The summed E-state index contributed by atoms with van der Waals surface area (Å²) < 4.78 is 16.3. The second kappa shape index (κ2) is 8.05. The van der Waals surface area contributed by atoms with E-state index in [1.54, 1.807) is 22.1 Å². The van der Waals surface area contributed by atoms with Crippen LogP contribution >= 0.6 is 0 Å². The average Bonchev–Trinajstić information content (AvgIpc) is 3.21. The fourth-order valence-corrected chi connectivity index (χ4v) is 3.51. The smallest absolute Gasteiger partial charge is 0.242 e. The minimum absolute atomic E-state index is 0.0133. The molecule has 0 radical (unpaired) electrons. The van der Waals surface area contributed by atoms with Crippen molar-refractivity contribution in [2.24, 2.45) is 5.41 Å². The molecule has 30 heavy (non-hydrogen) atoms. The topological polar surface area (TPSA) is 72.2 Å². The van der Waals surface area contributed by atoms with E-state index in [-0.39, 0.29) is 31.2 Å². The number of hydrogen-bond donors (Lipinski definition) is 0. The highest BCUT2D eigenvalue weighted by molar-refractivity contribution is 5.88. The molecule has 0 spiro atoms. The van der Waals surface area contributed by atoms with Gasteiger partial charge in [-0.25, -0.2) is 0 Å². The van der Waals surface area contributed by atoms with E-state index < -0.39 is 5.41 Å². The Kier molecular flexibility index (Phi) is 5.45. The lowest BCUT2D eigenvalue weighted by molar-refractivity contribution is -0.146. The zero-order valence-corrected chi connectivity index (χ0v) is 17.7. The molecule has 2 heterocycles. The van der Waals surface area contributed by atoms with Crippen molar-refractivity contribution in [2.45, 2.75) is 52.7 Å². The van der Waals surface area contributed by atoms with E-state index >= 15 is 0 Å². The molecule has 160 valence electrons. The summed E-state index contributed by atoms with van der Waals surface area (Å²) in [5.41, 5.74) is 0.408. The summed E-state index contributed by atoms with van der Waals surface area (Å²) in [6.07, 6.45) is 3.50. The van der Waals surface area contributed by atoms with E-state index in [0.717, 1.165) is 18.4 Å². The molecule has 2 aliphatic rings. The molecule has 7 nitrogen and oxygen atoms in total. The van der Waals surface area contributed by atoms with E-state index in [9.17, 15) is 9.59 Å². The highest BCUT2D eigenvalue weighted by atomic mass is 16.7. The van der Waals surface area contributed by atoms with Crippen molar-refractivity contribution in [2.75, 3.05) is 13.3 Å². The zero-order valence-electron chi connectivity index (χ0n) is 17.7. The number of rotatable bonds is 7. The van der Waals surface area contributed by atoms with E-state index in [1.165, 1.54) is 0 Å². The number of furan rings is 1. The molecule has 0 bridgehead atoms. The Bertz CT molecular complexity index is 912. The third-order valence-corrected chi connectivity index (χ3v) is 5.29. The van der Waals surface area contributed by atoms with Gasteiger partial charge in [0.15, 0.2) is 11.5 Å². The number of benzene rings is 1. The first-order valence-corrected chi connectivity index (χ1v) is 10.3. The van der Waals surface area contributed by atoms with Crippen LogP contribution in [0.3, 0.4) is 0 Å². The Morgan fingerprint density at radius 1 is 1.07 bits per heavy atom. The van der Waals surface area contributed by atoms with Crippen molar-refractivity contribution in [3.63, 3.8) is 0 Å². The van der Waals surface area contributed by atoms with Gasteiger partial charge in [0.05, 0.1) is 12.8 Å². The van der Waals surface area contributed by atoms with Gasteiger partial charge in [-0.15, -0.1) is 0 Å². The van der Waals surface area contributed by atoms with Crippen molar-refractivity contribution in [1.29, 1.82) is 0 Å². The summed E-state index contributed by atoms with van der Waals surface area (Å²) in [6.45, 7) is 6.68. The molecule has 1 saturated carbocycles. The fraction of sp³-hybridized carbons (Fsp3) is 0.478. The van der Waals surface area contributed by atoms with Crippen LogP contribution in [0.25, 0.3) is 0 Å². The number of nitrogens with zero attached hydrogens (tertiary/aromatic N) is 2. The first-order chi connectivity index (χ1) is 14.3. The van der Waals surface area contributed by atoms with Crippen LogP contribution in [-0.2, 0) is 22.7 Å². The number of amides is 2. The van der Waals surface area contributed by atoms with Crippen molar-refractivity contribution in [1.82, 2.24) is 9.80 Å². The highest BCUT2D eigenvalue weighted by Crippen LogP contribution is 2.33. The SMILES string of the molecule is CC(C)(C)C(=O)N(CC(=O)N(Cc1ccc2c(c1)OCO2)Cc1ccco1)C1CC1. The fourth-order valence-electron chi connectivity index (χ4n) is 3.51. The Balaban J connectivity index is 1.52. The minimum atomic E-state index is -0.522. The second-order valence-electron chi connectivity index (χ2n) is 8.93. The van der Waals surface area contributed by atoms with Crippen LogP contribution in [0.4, 0.5) is 0 Å². The van der Waals surface area contributed by atoms with Gasteiger partial charge in [0.1, 0.15) is 12.3 Å². The monoisotopic (exact) mass is 412 g/mol. The maximum atomic E-state index is 13.3. The molecule has 7 heteroatoms. The van der Waals surface area contributed by atoms with E-state index in [1.807, 2.05) is 45.0 Å². The Hall–Kier alpha value is -2.96. The molecule has 1 aliphatic heterocycles. The number of carbonyl (C=O) groups is 2. The average molecular weight is 412 g/mol. The van der Waals surface area contributed by atoms with Gasteiger partial charge in [0.25, 0.3) is 0 Å². The predicted molar refractivity (Wildman–Crippen MR) is 110 cm³/mol. The Morgan fingerprint density at radius 3 is 2.50 bits per heavy atom. The summed E-state index contributed by atoms with van der Waals surface area (Å²) in [5, 5.41) is 0. The minimum Gasteiger partial charge on any atom is -0.467 e. The second-order valence-corrected chi connectivity index (χ2v) is 8.93. The molecular weight excluding hydrogens is 384 g/mol. The normalized spacial score (nSPS) is 15.2. The van der Waals surface area contributed by atoms with E-state index in [2.05, 4.69) is 0 Å². The van der Waals surface area contributed by atoms with Gasteiger partial charge in [0, 0.05) is 18.0 Å². The lowest BCUT2D eigenvalue weighted by atomic mass is 9.94. The van der Waals surface area contributed by atoms with Gasteiger partial charge in [-0.2, -0.15) is 0 Å². The number of ether oxygens (including phenoxy) is 2. The lowest BCUT2D eigenvalue weighted by Crippen LogP contribution is -2.47. The van der Waals surface area contributed by atoms with E-state index in [0.29, 0.717) is 30.3 Å². The molecule has 0 saturated heterocycles. The molecule has 0 atom stereocenters. The Morgan fingerprint density at radius 2 is 1.83 bits per heavy atom. The summed E-state index contributed by atoms with van der Waals surface area (Å²) in [6, 6.07) is 9.49. The standard InChI is InChI=1S/C23H28N2O5/c1-23(2,3)22(27)25(17-7-8-17)14-21(26)24(13-18-5-4-10-28-18)12-16-6-9-19-20(11-16)30-15-29-19/h4-6,9-11,17H,7-8,12-15H2,1-3H3. The summed E-state index contributed by atoms with van der Waals surface area (Å²) >= 11 is 0. The number of hydrogen-bond acceptors (Lipinski definition) is 5. The summed E-state index contributed by atoms with van der Waals surface area (Å²) in [7, 11) is 0. The molecule has 0 unspecified atom stereocenters. The largest absolute Gasteiger partial charge is 0.467 e. The van der Waals surface area contributed by atoms with Gasteiger partial charge in [-0.05, 0) is 42.7 Å². The van der Waals surface area contributed by atoms with E-state index in [4.69, 9.17) is 13.9 Å². The van der Waals surface area contributed by atoms with Crippen LogP contribution in [0.15, 0.2) is 41.0 Å². The third-order valence-electron chi connectivity index (χ3n) is 5.29. The van der Waals surface area contributed by atoms with Gasteiger partial charge < -0.3 is 23.7 Å². The first-order valence-electron chi connectivity index (χ1n) is 10.3. The highest BCUT2D eigenvalue weighted by Gasteiger charge is 2.39. The van der Waals surface area contributed by atoms with Crippen molar-refractivity contribution >= 4 is 11.8 Å². The predicted octanol–water partition coefficient (Wildman–Crippen LogP) is 3.57. The third kappa shape index (κ3) is 4.61. The van der Waals surface area contributed by atoms with Crippen LogP contribution in [0.1, 0.15) is 44.9 Å². The molecular formula is C23H28N2O5. The van der Waals surface area contributed by atoms with Crippen LogP contribution in [0.5, 0.6) is 11.5 Å². The van der Waals surface area contributed by atoms with Crippen LogP contribution in [-0.4, -0.2) is 41.0 Å². The zero-order chi connectivity index (χ0) is 21.3. The van der Waals surface area contributed by atoms with Gasteiger partial charge >= 0.3 is 0 Å². The molecule has 1 aromatic heterocycles. The van der Waals surface area contributed by atoms with Crippen LogP contribution < -0.4 is 9.47 Å². The number of fused-ring (bicyclic) bond motifs is 1. The summed E-state index contributed by atoms with van der Waals surface area (Å²) in [4.78, 5) is 29.7. The molecule has 1 aliphatic carbocycles. The van der Waals surface area contributed by atoms with Crippen LogP contribution in [0, 0.1) is 5.41 Å². The first kappa shape index (κ1) is 20.3. The van der Waals surface area contributed by atoms with Crippen molar-refractivity contribution in [3.05, 3.63) is 47.9 Å².